The maximum Gasteiger partial charge on any atom is 0.309 e. The van der Waals surface area contributed by atoms with E-state index in [0.717, 1.165) is 0 Å². The van der Waals surface area contributed by atoms with Crippen LogP contribution in [0.1, 0.15) is 25.8 Å². The number of anilines is 1. The minimum atomic E-state index is -3.79. The van der Waals surface area contributed by atoms with Crippen LogP contribution in [0.3, 0.4) is 0 Å². The molecule has 1 aromatic heterocycles. The summed E-state index contributed by atoms with van der Waals surface area (Å²) in [5, 5.41) is 0.558. The van der Waals surface area contributed by atoms with Crippen molar-refractivity contribution in [1.82, 2.24) is 4.98 Å². The Balaban J connectivity index is 1.99. The maximum atomic E-state index is 12.7. The molecule has 180 valence electrons. The molecule has 0 unspecified atom stereocenters. The molecule has 10 heteroatoms. The highest BCUT2D eigenvalue weighted by atomic mass is 35.5. The second-order valence-electron chi connectivity index (χ2n) is 7.31. The third-order valence-electron chi connectivity index (χ3n) is 4.72. The van der Waals surface area contributed by atoms with E-state index in [-0.39, 0.29) is 29.8 Å². The molecule has 0 N–H and O–H groups in total. The van der Waals surface area contributed by atoms with E-state index in [1.807, 2.05) is 0 Å². The number of hydrogen-bond donors (Lipinski definition) is 0. The Bertz CT molecular complexity index is 1250. The van der Waals surface area contributed by atoms with Gasteiger partial charge in [0.05, 0.1) is 19.4 Å². The lowest BCUT2D eigenvalue weighted by Gasteiger charge is -2.24. The minimum Gasteiger partial charge on any atom is -0.497 e. The van der Waals surface area contributed by atoms with Crippen molar-refractivity contribution < 1.29 is 26.9 Å². The Morgan fingerprint density at radius 3 is 2.44 bits per heavy atom. The van der Waals surface area contributed by atoms with E-state index < -0.39 is 10.1 Å². The Labute approximate surface area is 204 Å². The number of rotatable bonds is 10. The Hall–Kier alpha value is -3.30. The zero-order chi connectivity index (χ0) is 24.7. The topological polar surface area (TPSA) is 95.0 Å². The molecule has 8 nitrogen and oxygen atoms in total. The summed E-state index contributed by atoms with van der Waals surface area (Å²) in [4.78, 5) is 18.4. The predicted molar refractivity (Wildman–Crippen MR) is 130 cm³/mol. The van der Waals surface area contributed by atoms with Crippen LogP contribution >= 0.6 is 11.6 Å². The van der Waals surface area contributed by atoms with Crippen LogP contribution < -0.4 is 18.6 Å². The molecule has 0 radical (unpaired) electrons. The van der Waals surface area contributed by atoms with Crippen LogP contribution in [0.2, 0.25) is 5.02 Å². The van der Waals surface area contributed by atoms with Crippen LogP contribution in [0.25, 0.3) is 0 Å². The van der Waals surface area contributed by atoms with Crippen LogP contribution in [0.15, 0.2) is 60.8 Å². The minimum absolute atomic E-state index is 0.00776. The summed E-state index contributed by atoms with van der Waals surface area (Å²) < 4.78 is 41.2. The summed E-state index contributed by atoms with van der Waals surface area (Å²) in [5.74, 6) is 0.857. The summed E-state index contributed by atoms with van der Waals surface area (Å²) in [7, 11) is -2.30. The number of carbonyl (C=O) groups excluding carboxylic acids is 1. The van der Waals surface area contributed by atoms with Crippen molar-refractivity contribution in [3.05, 3.63) is 71.4 Å². The fourth-order valence-electron chi connectivity index (χ4n) is 3.13. The Morgan fingerprint density at radius 2 is 1.79 bits per heavy atom. The van der Waals surface area contributed by atoms with Crippen molar-refractivity contribution in [2.24, 2.45) is 0 Å². The molecule has 0 aliphatic heterocycles. The first-order valence-corrected chi connectivity index (χ1v) is 12.4. The lowest BCUT2D eigenvalue weighted by molar-refractivity contribution is -0.116. The van der Waals surface area contributed by atoms with Gasteiger partial charge in [-0.25, -0.2) is 4.98 Å². The molecule has 0 saturated carbocycles. The molecule has 1 heterocycles. The van der Waals surface area contributed by atoms with Crippen molar-refractivity contribution >= 4 is 33.3 Å². The number of pyridine rings is 1. The highest BCUT2D eigenvalue weighted by molar-refractivity contribution is 7.87. The van der Waals surface area contributed by atoms with Crippen LogP contribution in [0, 0.1) is 0 Å². The fourth-order valence-corrected chi connectivity index (χ4v) is 4.28. The quantitative estimate of drug-likeness (QED) is 0.350. The number of methoxy groups -OCH3 is 1. The van der Waals surface area contributed by atoms with E-state index in [1.165, 1.54) is 25.0 Å². The number of ether oxygens (including phenoxy) is 2. The fraction of sp³-hybridized carbons (Fsp3) is 0.250. The van der Waals surface area contributed by atoms with E-state index in [9.17, 15) is 13.2 Å². The third kappa shape index (κ3) is 6.61. The third-order valence-corrected chi connectivity index (χ3v) is 6.31. The van der Waals surface area contributed by atoms with Gasteiger partial charge in [0.1, 0.15) is 22.9 Å². The van der Waals surface area contributed by atoms with Gasteiger partial charge in [-0.05, 0) is 61.0 Å². The van der Waals surface area contributed by atoms with Crippen molar-refractivity contribution in [3.8, 4) is 23.1 Å². The molecule has 0 aliphatic carbocycles. The van der Waals surface area contributed by atoms with Crippen LogP contribution in [0.4, 0.5) is 5.69 Å². The van der Waals surface area contributed by atoms with Gasteiger partial charge in [0.25, 0.3) is 0 Å². The Kier molecular flexibility index (Phi) is 8.36. The molecule has 3 aromatic rings. The van der Waals surface area contributed by atoms with E-state index in [4.69, 9.17) is 25.3 Å². The Morgan fingerprint density at radius 1 is 1.09 bits per heavy atom. The molecule has 0 saturated heterocycles. The van der Waals surface area contributed by atoms with Crippen LogP contribution in [-0.4, -0.2) is 32.2 Å². The zero-order valence-corrected chi connectivity index (χ0v) is 20.6. The van der Waals surface area contributed by atoms with Gasteiger partial charge in [-0.3, -0.25) is 4.79 Å². The van der Waals surface area contributed by atoms with Gasteiger partial charge in [-0.2, -0.15) is 8.42 Å². The number of carbonyl (C=O) groups is 1. The maximum absolute atomic E-state index is 12.7. The van der Waals surface area contributed by atoms with Gasteiger partial charge in [-0.1, -0.05) is 18.5 Å². The molecule has 34 heavy (non-hydrogen) atoms. The average molecular weight is 505 g/mol. The largest absolute Gasteiger partial charge is 0.497 e. The van der Waals surface area contributed by atoms with E-state index in [2.05, 4.69) is 4.98 Å². The summed E-state index contributed by atoms with van der Waals surface area (Å²) in [6, 6.07) is 14.8. The molecular formula is C24H25ClN2O6S. The van der Waals surface area contributed by atoms with Crippen LogP contribution in [-0.2, 0) is 21.5 Å². The second kappa shape index (κ2) is 11.2. The number of amides is 1. The van der Waals surface area contributed by atoms with Gasteiger partial charge in [0, 0.05) is 23.7 Å². The first-order chi connectivity index (χ1) is 16.2. The lowest BCUT2D eigenvalue weighted by atomic mass is 10.1. The molecule has 2 aromatic carbocycles. The molecular weight excluding hydrogens is 480 g/mol. The standard InChI is InChI=1S/C24H25ClN2O6S/c1-4-14-34(29,30)33-23-12-11-21(31-3)15-18(23)16-27(17(2)28)22-6-5-13-26-24(22)32-20-9-7-19(25)8-10-20/h5-13,15H,4,14,16H2,1-3H3. The molecule has 0 aliphatic rings. The van der Waals surface area contributed by atoms with Crippen molar-refractivity contribution in [1.29, 1.82) is 0 Å². The van der Waals surface area contributed by atoms with Gasteiger partial charge >= 0.3 is 10.1 Å². The molecule has 0 spiro atoms. The summed E-state index contributed by atoms with van der Waals surface area (Å²) in [5.41, 5.74) is 0.839. The predicted octanol–water partition coefficient (Wildman–Crippen LogP) is 5.21. The van der Waals surface area contributed by atoms with E-state index >= 15 is 0 Å². The van der Waals surface area contributed by atoms with Gasteiger partial charge in [-0.15, -0.1) is 0 Å². The summed E-state index contributed by atoms with van der Waals surface area (Å²) in [6.07, 6.45) is 1.96. The highest BCUT2D eigenvalue weighted by Crippen LogP contribution is 2.34. The summed E-state index contributed by atoms with van der Waals surface area (Å²) >= 11 is 5.94. The van der Waals surface area contributed by atoms with Crippen molar-refractivity contribution in [2.75, 3.05) is 17.8 Å². The normalized spacial score (nSPS) is 11.1. The van der Waals surface area contributed by atoms with Gasteiger partial charge in [0.2, 0.25) is 11.8 Å². The molecule has 0 bridgehead atoms. The van der Waals surface area contributed by atoms with Gasteiger partial charge < -0.3 is 18.6 Å². The van der Waals surface area contributed by atoms with Crippen molar-refractivity contribution in [3.63, 3.8) is 0 Å². The first-order valence-electron chi connectivity index (χ1n) is 10.5. The number of halogens is 1. The first kappa shape index (κ1) is 25.3. The molecule has 3 rings (SSSR count). The zero-order valence-electron chi connectivity index (χ0n) is 19.0. The monoisotopic (exact) mass is 504 g/mol. The SMILES string of the molecule is CCCS(=O)(=O)Oc1ccc(OC)cc1CN(C(C)=O)c1cccnc1Oc1ccc(Cl)cc1. The molecule has 1 amide bonds. The van der Waals surface area contributed by atoms with E-state index in [1.54, 1.807) is 61.7 Å². The smallest absolute Gasteiger partial charge is 0.309 e. The number of hydrogen-bond acceptors (Lipinski definition) is 7. The van der Waals surface area contributed by atoms with Gasteiger partial charge in [0.15, 0.2) is 0 Å². The lowest BCUT2D eigenvalue weighted by Crippen LogP contribution is -2.29. The highest BCUT2D eigenvalue weighted by Gasteiger charge is 2.22. The van der Waals surface area contributed by atoms with Crippen LogP contribution in [0.5, 0.6) is 23.1 Å². The molecule has 0 fully saturated rings. The average Bonchev–Trinajstić information content (AvgIpc) is 2.80. The molecule has 0 atom stereocenters. The summed E-state index contributed by atoms with van der Waals surface area (Å²) in [6.45, 7) is 3.14. The number of nitrogens with zero attached hydrogens (tertiary/aromatic N) is 2. The van der Waals surface area contributed by atoms with E-state index in [0.29, 0.717) is 34.2 Å². The van der Waals surface area contributed by atoms with Crippen molar-refractivity contribution in [2.45, 2.75) is 26.8 Å². The second-order valence-corrected chi connectivity index (χ2v) is 9.43. The number of benzene rings is 2. The number of aromatic nitrogens is 1.